The van der Waals surface area contributed by atoms with Crippen LogP contribution in [0.15, 0.2) is 78.8 Å². The number of Topliss-reactive ketones (excluding diaryl/α,β-unsaturated/α-hetero) is 1. The zero-order chi connectivity index (χ0) is 60.2. The monoisotopic (exact) mass is 1190 g/mol. The Morgan fingerprint density at radius 1 is 0.977 bits per heavy atom. The minimum Gasteiger partial charge on any atom is -0.508 e. The van der Waals surface area contributed by atoms with Gasteiger partial charge < -0.3 is 35.0 Å². The van der Waals surface area contributed by atoms with Crippen LogP contribution in [0.4, 0.5) is 14.6 Å². The molecule has 4 saturated heterocycles. The van der Waals surface area contributed by atoms with Gasteiger partial charge in [-0.3, -0.25) is 24.8 Å². The smallest absolute Gasteiger partial charge is 0.319 e. The molecule has 0 saturated carbocycles. The van der Waals surface area contributed by atoms with Crippen molar-refractivity contribution in [1.82, 2.24) is 60.4 Å². The summed E-state index contributed by atoms with van der Waals surface area (Å²) in [5.74, 6) is -1.73. The molecule has 9 heterocycles. The molecule has 23 heteroatoms. The molecule has 4 fully saturated rings. The molecule has 0 aliphatic carbocycles. The molecule has 5 N–H and O–H groups in total. The van der Waals surface area contributed by atoms with Crippen LogP contribution in [0.1, 0.15) is 102 Å². The number of aliphatic hydroxyl groups is 2. The van der Waals surface area contributed by atoms with E-state index >= 15 is 8.78 Å². The van der Waals surface area contributed by atoms with Crippen molar-refractivity contribution in [2.24, 2.45) is 11.8 Å². The largest absolute Gasteiger partial charge is 0.508 e. The molecule has 4 aliphatic heterocycles. The number of phenols is 1. The van der Waals surface area contributed by atoms with Crippen LogP contribution in [-0.4, -0.2) is 145 Å². The summed E-state index contributed by atoms with van der Waals surface area (Å²) in [6.45, 7) is 13.9. The third-order valence-corrected chi connectivity index (χ3v) is 19.1. The standard InChI is InChI=1S/C63H71F2N13O7S/c1-7-45-48(64)15-14-41-24-43(79)25-46(51(41)45)53-52(65)54-47(28-68-53)57(76-20-8-16-61(6,83)32-76)74-60(73-54)85-33-62-17-9-21-77(62)42(23-36(62)3)31-84-58-55(66-18-19-67-58)49-29-71-75-78(49)30-35(2)22-50(81)63(26-44(80)27-70-63)59(82)72-37(4)39-10-12-40(13-11-39)56-38(5)69-34-86-56/h10-15,18-19,24-25,28-29,34-37,42,44,70,79-80,83H,7-9,16-17,20-23,26-27,30-33H2,1-6H3,(H,72,82)/t35?,36?,37-,42+,44?,61+,62-,63-/m0/s1. The van der Waals surface area contributed by atoms with Crippen molar-refractivity contribution < 1.29 is 43.2 Å². The molecule has 450 valence electrons. The maximum atomic E-state index is 17.5. The first-order valence-electron chi connectivity index (χ1n) is 29.6. The average molecular weight is 1190 g/mol. The number of β-amino-alcohol motifs (C(OH)–C–C–N with tert-alkyl or cyclic N) is 2. The van der Waals surface area contributed by atoms with Gasteiger partial charge in [0.05, 0.1) is 51.0 Å². The summed E-state index contributed by atoms with van der Waals surface area (Å²) in [6.07, 6.45) is 9.32. The number of halogens is 2. The van der Waals surface area contributed by atoms with Crippen molar-refractivity contribution in [3.05, 3.63) is 107 Å². The van der Waals surface area contributed by atoms with Gasteiger partial charge in [0.2, 0.25) is 11.8 Å². The summed E-state index contributed by atoms with van der Waals surface area (Å²) in [6, 6.07) is 13.2. The van der Waals surface area contributed by atoms with Crippen LogP contribution in [0, 0.1) is 30.4 Å². The molecule has 0 spiro atoms. The van der Waals surface area contributed by atoms with E-state index in [9.17, 15) is 24.9 Å². The number of nitrogens with zero attached hydrogens (tertiary/aromatic N) is 11. The highest BCUT2D eigenvalue weighted by Crippen LogP contribution is 2.48. The molecule has 3 unspecified atom stereocenters. The van der Waals surface area contributed by atoms with Gasteiger partial charge >= 0.3 is 6.01 Å². The Balaban J connectivity index is 0.741. The van der Waals surface area contributed by atoms with E-state index in [0.29, 0.717) is 64.7 Å². The van der Waals surface area contributed by atoms with Crippen LogP contribution in [0.2, 0.25) is 0 Å². The topological polar surface area (TPSA) is 252 Å². The van der Waals surface area contributed by atoms with Gasteiger partial charge in [0.25, 0.3) is 0 Å². The number of hydrogen-bond acceptors (Lipinski definition) is 19. The van der Waals surface area contributed by atoms with Crippen molar-refractivity contribution in [1.29, 1.82) is 0 Å². The number of amides is 1. The lowest BCUT2D eigenvalue weighted by molar-refractivity contribution is -0.138. The second-order valence-electron chi connectivity index (χ2n) is 24.3. The van der Waals surface area contributed by atoms with E-state index in [-0.39, 0.29) is 104 Å². The quantitative estimate of drug-likeness (QED) is 0.0476. The molecule has 4 aliphatic rings. The van der Waals surface area contributed by atoms with Gasteiger partial charge in [-0.15, -0.1) is 16.4 Å². The van der Waals surface area contributed by atoms with E-state index < -0.39 is 46.4 Å². The van der Waals surface area contributed by atoms with Gasteiger partial charge in [0.15, 0.2) is 22.8 Å². The minimum absolute atomic E-state index is 0.000888. The number of pyridine rings is 1. The second kappa shape index (κ2) is 23.5. The lowest BCUT2D eigenvalue weighted by atomic mass is 9.85. The highest BCUT2D eigenvalue weighted by atomic mass is 32.1. The molecule has 3 aromatic carbocycles. The highest BCUT2D eigenvalue weighted by molar-refractivity contribution is 7.13. The molecular formula is C63H71F2N13O7S. The number of fused-ring (bicyclic) bond motifs is 3. The van der Waals surface area contributed by atoms with Gasteiger partial charge in [-0.1, -0.05) is 56.3 Å². The Kier molecular flexibility index (Phi) is 16.1. The number of piperidine rings is 1. The Labute approximate surface area is 500 Å². The Morgan fingerprint density at radius 3 is 2.53 bits per heavy atom. The molecule has 86 heavy (non-hydrogen) atoms. The number of thiazole rings is 1. The van der Waals surface area contributed by atoms with Crippen molar-refractivity contribution in [2.45, 2.75) is 134 Å². The molecule has 1 amide bonds. The lowest BCUT2D eigenvalue weighted by Gasteiger charge is -2.38. The number of carbonyl (C=O) groups excluding carboxylic acids is 2. The number of benzene rings is 3. The predicted octanol–water partition coefficient (Wildman–Crippen LogP) is 8.49. The van der Waals surface area contributed by atoms with E-state index in [1.807, 2.05) is 62.4 Å². The van der Waals surface area contributed by atoms with Crippen LogP contribution >= 0.6 is 11.3 Å². The lowest BCUT2D eigenvalue weighted by Crippen LogP contribution is -2.59. The van der Waals surface area contributed by atoms with Crippen LogP contribution < -0.4 is 25.0 Å². The number of aryl methyl sites for hydroxylation is 2. The summed E-state index contributed by atoms with van der Waals surface area (Å²) in [4.78, 5) is 61.9. The average Bonchev–Trinajstić information content (AvgIpc) is 1.59. The number of anilines is 1. The number of aromatic hydroxyl groups is 1. The fraction of sp³-hybridized carbons (Fsp3) is 0.460. The SMILES string of the molecule is CCc1c(F)ccc2cc(O)cc(-c3ncc4c(N5CCC[C@@](C)(O)C5)nc(OC[C@]56CCCN5[C@@H](COc5nccnc5-c5cnnn5CC(C)CC(=O)[C@]5(C(=O)N[C@@H](C)c7ccc(-c8scnc8C)cc7)CC(O)CN5)CC6C)nc4c3F)c12. The number of aromatic nitrogens is 9. The molecule has 5 aromatic heterocycles. The molecule has 8 atom stereocenters. The second-order valence-corrected chi connectivity index (χ2v) is 25.1. The Morgan fingerprint density at radius 2 is 1.78 bits per heavy atom. The first-order valence-corrected chi connectivity index (χ1v) is 30.5. The van der Waals surface area contributed by atoms with E-state index in [1.165, 1.54) is 24.4 Å². The third kappa shape index (κ3) is 11.0. The summed E-state index contributed by atoms with van der Waals surface area (Å²) in [5.41, 5.74) is 2.93. The van der Waals surface area contributed by atoms with E-state index in [2.05, 4.69) is 47.7 Å². The minimum atomic E-state index is -1.63. The number of nitrogens with one attached hydrogen (secondary N) is 2. The highest BCUT2D eigenvalue weighted by Gasteiger charge is 2.55. The van der Waals surface area contributed by atoms with Crippen molar-refractivity contribution >= 4 is 50.5 Å². The first kappa shape index (κ1) is 58.7. The number of aliphatic hydroxyl groups excluding tert-OH is 1. The molecule has 0 radical (unpaired) electrons. The Hall–Kier alpha value is -7.70. The van der Waals surface area contributed by atoms with Gasteiger partial charge in [-0.05, 0) is 123 Å². The molecule has 20 nitrogen and oxygen atoms in total. The van der Waals surface area contributed by atoms with Gasteiger partial charge in [0, 0.05) is 69.2 Å². The summed E-state index contributed by atoms with van der Waals surface area (Å²) >= 11 is 1.57. The van der Waals surface area contributed by atoms with Gasteiger partial charge in [-0.2, -0.15) is 9.97 Å². The summed E-state index contributed by atoms with van der Waals surface area (Å²) in [7, 11) is 0. The molecule has 8 aromatic rings. The van der Waals surface area contributed by atoms with E-state index in [0.717, 1.165) is 47.5 Å². The maximum absolute atomic E-state index is 17.5. The zero-order valence-corrected chi connectivity index (χ0v) is 49.9. The molecule has 12 rings (SSSR count). The molecular weight excluding hydrogens is 1120 g/mol. The maximum Gasteiger partial charge on any atom is 0.319 e. The fourth-order valence-corrected chi connectivity index (χ4v) is 14.6. The number of hydrogen-bond donors (Lipinski definition) is 5. The van der Waals surface area contributed by atoms with Gasteiger partial charge in [-0.25, -0.2) is 28.4 Å². The van der Waals surface area contributed by atoms with Crippen molar-refractivity contribution in [3.63, 3.8) is 0 Å². The summed E-state index contributed by atoms with van der Waals surface area (Å²) < 4.78 is 47.7. The van der Waals surface area contributed by atoms with E-state index in [1.54, 1.807) is 47.6 Å². The summed E-state index contributed by atoms with van der Waals surface area (Å²) in [5, 5.41) is 48.9. The van der Waals surface area contributed by atoms with Crippen LogP contribution in [0.3, 0.4) is 0 Å². The number of ketones is 1. The van der Waals surface area contributed by atoms with Gasteiger partial charge in [0.1, 0.15) is 47.5 Å². The van der Waals surface area contributed by atoms with Crippen molar-refractivity contribution in [2.75, 3.05) is 44.3 Å². The number of rotatable bonds is 19. The molecule has 0 bridgehead atoms. The number of phenolic OH excluding ortho intramolecular Hbond substituents is 1. The third-order valence-electron chi connectivity index (χ3n) is 18.2. The van der Waals surface area contributed by atoms with E-state index in [4.69, 9.17) is 24.4 Å². The zero-order valence-electron chi connectivity index (χ0n) is 49.1. The van der Waals surface area contributed by atoms with Crippen molar-refractivity contribution in [3.8, 4) is 50.7 Å². The Bertz CT molecular complexity index is 3870. The normalized spacial score (nSPS) is 23.9. The van der Waals surface area contributed by atoms with Crippen LogP contribution in [0.5, 0.6) is 17.6 Å². The predicted molar refractivity (Wildman–Crippen MR) is 321 cm³/mol. The fourth-order valence-electron chi connectivity index (χ4n) is 13.8. The number of ether oxygens (including phenoxy) is 2. The first-order chi connectivity index (χ1) is 41.3. The van der Waals surface area contributed by atoms with Crippen LogP contribution in [-0.2, 0) is 22.6 Å². The number of carbonyl (C=O) groups is 2. The van der Waals surface area contributed by atoms with Crippen LogP contribution in [0.25, 0.3) is 54.8 Å².